The zero-order chi connectivity index (χ0) is 13.0. The molecule has 2 rings (SSSR count). The number of ether oxygens (including phenoxy) is 1. The predicted octanol–water partition coefficient (Wildman–Crippen LogP) is 2.47. The third-order valence-electron chi connectivity index (χ3n) is 4.07. The molecule has 0 aliphatic heterocycles. The van der Waals surface area contributed by atoms with E-state index < -0.39 is 0 Å². The van der Waals surface area contributed by atoms with Crippen molar-refractivity contribution in [3.05, 3.63) is 29.8 Å². The van der Waals surface area contributed by atoms with Gasteiger partial charge >= 0.3 is 0 Å². The normalized spacial score (nSPS) is 25.7. The van der Waals surface area contributed by atoms with Gasteiger partial charge in [-0.3, -0.25) is 0 Å². The van der Waals surface area contributed by atoms with Gasteiger partial charge in [0.25, 0.3) is 0 Å². The summed E-state index contributed by atoms with van der Waals surface area (Å²) in [5, 5.41) is 3.46. The Morgan fingerprint density at radius 2 is 1.78 bits per heavy atom. The van der Waals surface area contributed by atoms with E-state index in [4.69, 9.17) is 10.5 Å². The summed E-state index contributed by atoms with van der Waals surface area (Å²) in [5.41, 5.74) is 7.32. The molecule has 1 aliphatic carbocycles. The maximum atomic E-state index is 5.98. The molecule has 3 heteroatoms. The van der Waals surface area contributed by atoms with Crippen LogP contribution in [-0.4, -0.2) is 20.2 Å². The first-order valence-corrected chi connectivity index (χ1v) is 6.81. The fraction of sp³-hybridized carbons (Fsp3) is 0.600. The molecule has 0 amide bonds. The van der Waals surface area contributed by atoms with E-state index >= 15 is 0 Å². The topological polar surface area (TPSA) is 47.3 Å². The number of nitrogens with two attached hydrogens (primary N) is 1. The zero-order valence-corrected chi connectivity index (χ0v) is 11.4. The summed E-state index contributed by atoms with van der Waals surface area (Å²) in [7, 11) is 3.75. The van der Waals surface area contributed by atoms with Crippen molar-refractivity contribution < 1.29 is 4.74 Å². The summed E-state index contributed by atoms with van der Waals surface area (Å²) < 4.78 is 5.21. The molecule has 1 atom stereocenters. The molecule has 1 aromatic rings. The van der Waals surface area contributed by atoms with Crippen LogP contribution in [0.3, 0.4) is 0 Å². The van der Waals surface area contributed by atoms with E-state index in [2.05, 4.69) is 17.4 Å². The van der Waals surface area contributed by atoms with Gasteiger partial charge in [-0.25, -0.2) is 0 Å². The molecule has 0 saturated heterocycles. The average molecular weight is 248 g/mol. The van der Waals surface area contributed by atoms with Crippen LogP contribution in [0, 0.1) is 5.92 Å². The van der Waals surface area contributed by atoms with E-state index in [1.54, 1.807) is 7.11 Å². The van der Waals surface area contributed by atoms with Gasteiger partial charge in [0, 0.05) is 12.1 Å². The van der Waals surface area contributed by atoms with E-state index in [1.807, 2.05) is 19.2 Å². The minimum atomic E-state index is 0.412. The van der Waals surface area contributed by atoms with Crippen LogP contribution in [0.4, 0.5) is 0 Å². The van der Waals surface area contributed by atoms with Crippen LogP contribution in [0.25, 0.3) is 0 Å². The molecular formula is C15H24N2O. The molecule has 0 radical (unpaired) electrons. The second-order valence-electron chi connectivity index (χ2n) is 5.21. The maximum Gasteiger partial charge on any atom is 0.118 e. The summed E-state index contributed by atoms with van der Waals surface area (Å²) in [6.45, 7) is 0. The quantitative estimate of drug-likeness (QED) is 0.860. The van der Waals surface area contributed by atoms with Crippen LogP contribution >= 0.6 is 0 Å². The Bertz CT molecular complexity index is 355. The smallest absolute Gasteiger partial charge is 0.118 e. The summed E-state index contributed by atoms with van der Waals surface area (Å²) in [6.07, 6.45) is 4.75. The lowest BCUT2D eigenvalue weighted by molar-refractivity contribution is 0.262. The van der Waals surface area contributed by atoms with Crippen molar-refractivity contribution in [2.45, 2.75) is 37.8 Å². The molecular weight excluding hydrogens is 224 g/mol. The van der Waals surface area contributed by atoms with Gasteiger partial charge in [-0.05, 0) is 56.3 Å². The molecule has 1 aliphatic rings. The van der Waals surface area contributed by atoms with Crippen LogP contribution in [0.2, 0.25) is 0 Å². The van der Waals surface area contributed by atoms with E-state index in [-0.39, 0.29) is 0 Å². The molecule has 100 valence electrons. The molecule has 0 heterocycles. The molecule has 1 unspecified atom stereocenters. The fourth-order valence-electron chi connectivity index (χ4n) is 2.96. The monoisotopic (exact) mass is 248 g/mol. The first kappa shape index (κ1) is 13.4. The van der Waals surface area contributed by atoms with Gasteiger partial charge in [-0.1, -0.05) is 12.1 Å². The first-order chi connectivity index (χ1) is 8.74. The number of hydrogen-bond acceptors (Lipinski definition) is 3. The predicted molar refractivity (Wildman–Crippen MR) is 74.7 cm³/mol. The lowest BCUT2D eigenvalue weighted by Crippen LogP contribution is -2.33. The van der Waals surface area contributed by atoms with Crippen molar-refractivity contribution >= 4 is 0 Å². The lowest BCUT2D eigenvalue weighted by atomic mass is 9.79. The van der Waals surface area contributed by atoms with Crippen molar-refractivity contribution in [1.29, 1.82) is 0 Å². The van der Waals surface area contributed by atoms with Crippen LogP contribution in [0.5, 0.6) is 5.75 Å². The van der Waals surface area contributed by atoms with Gasteiger partial charge in [0.2, 0.25) is 0 Å². The minimum Gasteiger partial charge on any atom is -0.497 e. The van der Waals surface area contributed by atoms with E-state index in [0.717, 1.165) is 18.6 Å². The summed E-state index contributed by atoms with van der Waals surface area (Å²) in [6, 6.07) is 9.24. The molecule has 3 nitrogen and oxygen atoms in total. The number of methoxy groups -OCH3 is 1. The molecule has 0 aromatic heterocycles. The highest BCUT2D eigenvalue weighted by Gasteiger charge is 2.26. The second-order valence-corrected chi connectivity index (χ2v) is 5.21. The number of rotatable bonds is 4. The van der Waals surface area contributed by atoms with Crippen molar-refractivity contribution in [2.75, 3.05) is 14.2 Å². The molecule has 0 bridgehead atoms. The second kappa shape index (κ2) is 6.21. The SMILES string of the molecule is CNC(c1ccc(OC)cc1)C1CCC(N)CC1. The third-order valence-corrected chi connectivity index (χ3v) is 4.07. The number of nitrogens with one attached hydrogen (secondary N) is 1. The molecule has 3 N–H and O–H groups in total. The number of benzene rings is 1. The summed E-state index contributed by atoms with van der Waals surface area (Å²) >= 11 is 0. The largest absolute Gasteiger partial charge is 0.497 e. The van der Waals surface area contributed by atoms with Crippen LogP contribution in [0.1, 0.15) is 37.3 Å². The number of hydrogen-bond donors (Lipinski definition) is 2. The Morgan fingerprint density at radius 3 is 2.28 bits per heavy atom. The Kier molecular flexibility index (Phi) is 4.61. The van der Waals surface area contributed by atoms with E-state index in [0.29, 0.717) is 18.0 Å². The van der Waals surface area contributed by atoms with Gasteiger partial charge in [-0.2, -0.15) is 0 Å². The Morgan fingerprint density at radius 1 is 1.17 bits per heavy atom. The van der Waals surface area contributed by atoms with E-state index in [1.165, 1.54) is 18.4 Å². The fourth-order valence-corrected chi connectivity index (χ4v) is 2.96. The Hall–Kier alpha value is -1.06. The summed E-state index contributed by atoms with van der Waals surface area (Å²) in [5.74, 6) is 1.61. The van der Waals surface area contributed by atoms with Crippen LogP contribution < -0.4 is 15.8 Å². The average Bonchev–Trinajstić information content (AvgIpc) is 2.42. The Labute approximate surface area is 110 Å². The standard InChI is InChI=1S/C15H24N2O/c1-17-15(11-3-7-13(16)8-4-11)12-5-9-14(18-2)10-6-12/h5-6,9-11,13,15,17H,3-4,7-8,16H2,1-2H3. The molecule has 1 aromatic carbocycles. The van der Waals surface area contributed by atoms with Crippen molar-refractivity contribution in [3.63, 3.8) is 0 Å². The molecule has 0 spiro atoms. The van der Waals surface area contributed by atoms with Crippen molar-refractivity contribution in [2.24, 2.45) is 11.7 Å². The Balaban J connectivity index is 2.07. The zero-order valence-electron chi connectivity index (χ0n) is 11.4. The summed E-state index contributed by atoms with van der Waals surface area (Å²) in [4.78, 5) is 0. The van der Waals surface area contributed by atoms with Crippen LogP contribution in [-0.2, 0) is 0 Å². The molecule has 18 heavy (non-hydrogen) atoms. The minimum absolute atomic E-state index is 0.412. The lowest BCUT2D eigenvalue weighted by Gasteiger charge is -2.32. The first-order valence-electron chi connectivity index (χ1n) is 6.81. The van der Waals surface area contributed by atoms with Crippen molar-refractivity contribution in [3.8, 4) is 5.75 Å². The highest BCUT2D eigenvalue weighted by molar-refractivity contribution is 5.29. The molecule has 1 fully saturated rings. The molecule has 1 saturated carbocycles. The van der Waals surface area contributed by atoms with Gasteiger partial charge in [0.15, 0.2) is 0 Å². The third kappa shape index (κ3) is 3.03. The van der Waals surface area contributed by atoms with Gasteiger partial charge < -0.3 is 15.8 Å². The highest BCUT2D eigenvalue weighted by Crippen LogP contribution is 2.34. The highest BCUT2D eigenvalue weighted by atomic mass is 16.5. The van der Waals surface area contributed by atoms with E-state index in [9.17, 15) is 0 Å². The maximum absolute atomic E-state index is 5.98. The van der Waals surface area contributed by atoms with Gasteiger partial charge in [-0.15, -0.1) is 0 Å². The van der Waals surface area contributed by atoms with Crippen LogP contribution in [0.15, 0.2) is 24.3 Å². The van der Waals surface area contributed by atoms with Crippen molar-refractivity contribution in [1.82, 2.24) is 5.32 Å². The van der Waals surface area contributed by atoms with Gasteiger partial charge in [0.1, 0.15) is 5.75 Å². The van der Waals surface area contributed by atoms with Gasteiger partial charge in [0.05, 0.1) is 7.11 Å².